The minimum absolute atomic E-state index is 0.114. The molecule has 2 aromatic carbocycles. The average Bonchev–Trinajstić information content (AvgIpc) is 2.49. The van der Waals surface area contributed by atoms with Gasteiger partial charge in [0, 0.05) is 5.56 Å². The van der Waals surface area contributed by atoms with Crippen LogP contribution in [0.3, 0.4) is 0 Å². The van der Waals surface area contributed by atoms with Crippen molar-refractivity contribution in [1.82, 2.24) is 5.32 Å². The molecule has 0 heterocycles. The lowest BCUT2D eigenvalue weighted by Gasteiger charge is -2.12. The third-order valence-electron chi connectivity index (χ3n) is 3.50. The van der Waals surface area contributed by atoms with Crippen molar-refractivity contribution in [1.29, 1.82) is 0 Å². The maximum atomic E-state index is 12.1. The van der Waals surface area contributed by atoms with Gasteiger partial charge in [-0.15, -0.1) is 0 Å². The second kappa shape index (κ2) is 7.29. The maximum absolute atomic E-state index is 12.1. The van der Waals surface area contributed by atoms with Gasteiger partial charge in [-0.2, -0.15) is 0 Å². The van der Waals surface area contributed by atoms with Crippen molar-refractivity contribution in [3.05, 3.63) is 63.7 Å². The summed E-state index contributed by atoms with van der Waals surface area (Å²) < 4.78 is 0. The first-order valence-electron chi connectivity index (χ1n) is 7.29. The fourth-order valence-corrected chi connectivity index (χ4v) is 2.71. The molecule has 2 rings (SSSR count). The van der Waals surface area contributed by atoms with Crippen molar-refractivity contribution in [3.63, 3.8) is 0 Å². The van der Waals surface area contributed by atoms with Gasteiger partial charge in [-0.1, -0.05) is 35.9 Å². The minimum atomic E-state index is -0.319. The predicted octanol–water partition coefficient (Wildman–Crippen LogP) is 3.63. The lowest BCUT2D eigenvalue weighted by molar-refractivity contribution is -0.115. The summed E-state index contributed by atoms with van der Waals surface area (Å²) in [5.41, 5.74) is 3.91. The number of carbonyl (C=O) groups excluding carboxylic acids is 2. The number of carbonyl (C=O) groups is 2. The number of aryl methyl sites for hydroxylation is 3. The van der Waals surface area contributed by atoms with Gasteiger partial charge in [-0.3, -0.25) is 9.59 Å². The van der Waals surface area contributed by atoms with E-state index in [9.17, 15) is 9.59 Å². The molecule has 120 valence electrons. The SMILES string of the molecule is Cc1cc(C)c(NC(=O)CNC(=O)c2ccccc2C)c(Cl)c1. The Hall–Kier alpha value is -2.33. The number of benzene rings is 2. The summed E-state index contributed by atoms with van der Waals surface area (Å²) in [6, 6.07) is 11.0. The zero-order valence-corrected chi connectivity index (χ0v) is 14.1. The summed E-state index contributed by atoms with van der Waals surface area (Å²) >= 11 is 6.16. The van der Waals surface area contributed by atoms with Gasteiger partial charge in [-0.25, -0.2) is 0 Å². The summed E-state index contributed by atoms with van der Waals surface area (Å²) in [4.78, 5) is 24.1. The number of nitrogens with one attached hydrogen (secondary N) is 2. The molecule has 23 heavy (non-hydrogen) atoms. The highest BCUT2D eigenvalue weighted by Crippen LogP contribution is 2.27. The Kier molecular flexibility index (Phi) is 5.40. The van der Waals surface area contributed by atoms with Crippen molar-refractivity contribution in [3.8, 4) is 0 Å². The van der Waals surface area contributed by atoms with Crippen LogP contribution in [0.4, 0.5) is 5.69 Å². The summed E-state index contributed by atoms with van der Waals surface area (Å²) in [6.45, 7) is 5.55. The van der Waals surface area contributed by atoms with Crippen LogP contribution in [0.25, 0.3) is 0 Å². The molecule has 0 saturated heterocycles. The first-order chi connectivity index (χ1) is 10.9. The molecule has 0 aromatic heterocycles. The molecule has 5 heteroatoms. The van der Waals surface area contributed by atoms with Crippen LogP contribution in [0, 0.1) is 20.8 Å². The van der Waals surface area contributed by atoms with Crippen LogP contribution in [-0.4, -0.2) is 18.4 Å². The molecular formula is C18H19ClN2O2. The lowest BCUT2D eigenvalue weighted by Crippen LogP contribution is -2.33. The highest BCUT2D eigenvalue weighted by atomic mass is 35.5. The Morgan fingerprint density at radius 3 is 2.39 bits per heavy atom. The van der Waals surface area contributed by atoms with Gasteiger partial charge in [0.25, 0.3) is 5.91 Å². The molecule has 2 N–H and O–H groups in total. The average molecular weight is 331 g/mol. The van der Waals surface area contributed by atoms with Crippen molar-refractivity contribution in [2.75, 3.05) is 11.9 Å². The zero-order valence-electron chi connectivity index (χ0n) is 13.4. The molecule has 0 bridgehead atoms. The molecule has 0 unspecified atom stereocenters. The van der Waals surface area contributed by atoms with Gasteiger partial charge in [0.05, 0.1) is 17.3 Å². The summed E-state index contributed by atoms with van der Waals surface area (Å²) in [5.74, 6) is -0.592. The number of amides is 2. The quantitative estimate of drug-likeness (QED) is 0.899. The number of hydrogen-bond donors (Lipinski definition) is 2. The van der Waals surface area contributed by atoms with E-state index >= 15 is 0 Å². The maximum Gasteiger partial charge on any atom is 0.251 e. The molecule has 4 nitrogen and oxygen atoms in total. The van der Waals surface area contributed by atoms with Gasteiger partial charge in [-0.05, 0) is 49.6 Å². The van der Waals surface area contributed by atoms with Gasteiger partial charge >= 0.3 is 0 Å². The number of rotatable bonds is 4. The standard InChI is InChI=1S/C18H19ClN2O2/c1-11-8-13(3)17(15(19)9-11)21-16(22)10-20-18(23)14-7-5-4-6-12(14)2/h4-9H,10H2,1-3H3,(H,20,23)(H,21,22). The van der Waals surface area contributed by atoms with Crippen molar-refractivity contribution in [2.24, 2.45) is 0 Å². The molecule has 0 saturated carbocycles. The van der Waals surface area contributed by atoms with E-state index in [1.807, 2.05) is 39.0 Å². The highest BCUT2D eigenvalue weighted by Gasteiger charge is 2.12. The molecule has 0 aliphatic heterocycles. The van der Waals surface area contributed by atoms with E-state index in [4.69, 9.17) is 11.6 Å². The molecule has 2 aromatic rings. The van der Waals surface area contributed by atoms with Gasteiger partial charge in [0.2, 0.25) is 5.91 Å². The van der Waals surface area contributed by atoms with Gasteiger partial charge < -0.3 is 10.6 Å². The Bertz CT molecular complexity index is 733. The van der Waals surface area contributed by atoms with Crippen LogP contribution in [0.2, 0.25) is 5.02 Å². The van der Waals surface area contributed by atoms with Crippen molar-refractivity contribution < 1.29 is 9.59 Å². The van der Waals surface area contributed by atoms with Crippen molar-refractivity contribution >= 4 is 29.1 Å². The second-order valence-electron chi connectivity index (χ2n) is 5.48. The van der Waals surface area contributed by atoms with Crippen LogP contribution in [0.15, 0.2) is 36.4 Å². The van der Waals surface area contributed by atoms with E-state index in [-0.39, 0.29) is 18.4 Å². The number of hydrogen-bond acceptors (Lipinski definition) is 2. The minimum Gasteiger partial charge on any atom is -0.343 e. The van der Waals surface area contributed by atoms with Crippen LogP contribution in [0.1, 0.15) is 27.0 Å². The normalized spacial score (nSPS) is 10.3. The fourth-order valence-electron chi connectivity index (χ4n) is 2.34. The zero-order chi connectivity index (χ0) is 17.0. The third kappa shape index (κ3) is 4.33. The molecular weight excluding hydrogens is 312 g/mol. The number of halogens is 1. The molecule has 2 amide bonds. The lowest BCUT2D eigenvalue weighted by atomic mass is 10.1. The van der Waals surface area contributed by atoms with E-state index in [1.54, 1.807) is 18.2 Å². The monoisotopic (exact) mass is 330 g/mol. The largest absolute Gasteiger partial charge is 0.343 e. The Morgan fingerprint density at radius 1 is 1.04 bits per heavy atom. The fraction of sp³-hybridized carbons (Fsp3) is 0.222. The van der Waals surface area contributed by atoms with E-state index in [0.29, 0.717) is 16.3 Å². The topological polar surface area (TPSA) is 58.2 Å². The molecule has 0 spiro atoms. The molecule has 0 atom stereocenters. The Morgan fingerprint density at radius 2 is 1.74 bits per heavy atom. The van der Waals surface area contributed by atoms with Crippen LogP contribution >= 0.6 is 11.6 Å². The Labute approximate surface area is 140 Å². The third-order valence-corrected chi connectivity index (χ3v) is 3.79. The van der Waals surface area contributed by atoms with Gasteiger partial charge in [0.1, 0.15) is 0 Å². The molecule has 0 aliphatic rings. The van der Waals surface area contributed by atoms with Gasteiger partial charge in [0.15, 0.2) is 0 Å². The number of anilines is 1. The van der Waals surface area contributed by atoms with E-state index in [0.717, 1.165) is 16.7 Å². The second-order valence-corrected chi connectivity index (χ2v) is 5.89. The first-order valence-corrected chi connectivity index (χ1v) is 7.66. The van der Waals surface area contributed by atoms with Crippen molar-refractivity contribution in [2.45, 2.75) is 20.8 Å². The van der Waals surface area contributed by atoms with Crippen LogP contribution in [-0.2, 0) is 4.79 Å². The van der Waals surface area contributed by atoms with E-state index in [1.165, 1.54) is 0 Å². The Balaban J connectivity index is 1.99. The summed E-state index contributed by atoms with van der Waals surface area (Å²) in [5, 5.41) is 5.84. The molecule has 0 fully saturated rings. The summed E-state index contributed by atoms with van der Waals surface area (Å²) in [6.07, 6.45) is 0. The predicted molar refractivity (Wildman–Crippen MR) is 93.1 cm³/mol. The highest BCUT2D eigenvalue weighted by molar-refractivity contribution is 6.34. The van der Waals surface area contributed by atoms with E-state index < -0.39 is 0 Å². The van der Waals surface area contributed by atoms with E-state index in [2.05, 4.69) is 10.6 Å². The van der Waals surface area contributed by atoms with Crippen LogP contribution in [0.5, 0.6) is 0 Å². The molecule has 0 aliphatic carbocycles. The summed E-state index contributed by atoms with van der Waals surface area (Å²) in [7, 11) is 0. The molecule has 0 radical (unpaired) electrons. The first kappa shape index (κ1) is 17.0. The van der Waals surface area contributed by atoms with Crippen LogP contribution < -0.4 is 10.6 Å². The smallest absolute Gasteiger partial charge is 0.251 e.